The summed E-state index contributed by atoms with van der Waals surface area (Å²) >= 11 is 0. The average Bonchev–Trinajstić information content (AvgIpc) is 3.00. The number of rotatable bonds is 4. The first-order valence-electron chi connectivity index (χ1n) is 6.79. The Kier molecular flexibility index (Phi) is 3.83. The van der Waals surface area contributed by atoms with E-state index in [2.05, 4.69) is 20.0 Å². The SMILES string of the molecule is Cc1ccc(S(=O)(=O)N(C)N=Cc2ccc3nonc3c2)cc1. The second-order valence-electron chi connectivity index (χ2n) is 5.01. The molecule has 1 heterocycles. The molecule has 0 spiro atoms. The molecule has 3 aromatic rings. The number of aromatic nitrogens is 2. The van der Waals surface area contributed by atoms with Crippen molar-refractivity contribution in [2.24, 2.45) is 5.10 Å². The van der Waals surface area contributed by atoms with Crippen molar-refractivity contribution >= 4 is 27.3 Å². The Bertz CT molecular complexity index is 962. The zero-order valence-electron chi connectivity index (χ0n) is 12.5. The maximum absolute atomic E-state index is 12.4. The highest BCUT2D eigenvalue weighted by Gasteiger charge is 2.18. The monoisotopic (exact) mass is 330 g/mol. The lowest BCUT2D eigenvalue weighted by molar-refractivity contribution is 0.315. The second kappa shape index (κ2) is 5.81. The molecular weight excluding hydrogens is 316 g/mol. The molecule has 118 valence electrons. The van der Waals surface area contributed by atoms with Crippen molar-refractivity contribution in [1.82, 2.24) is 14.7 Å². The van der Waals surface area contributed by atoms with Crippen LogP contribution in [0, 0.1) is 6.92 Å². The van der Waals surface area contributed by atoms with Gasteiger partial charge in [-0.05, 0) is 47.1 Å². The van der Waals surface area contributed by atoms with Crippen LogP contribution >= 0.6 is 0 Å². The lowest BCUT2D eigenvalue weighted by atomic mass is 10.2. The van der Waals surface area contributed by atoms with Gasteiger partial charge >= 0.3 is 0 Å². The van der Waals surface area contributed by atoms with E-state index in [1.165, 1.54) is 13.3 Å². The topological polar surface area (TPSA) is 88.7 Å². The summed E-state index contributed by atoms with van der Waals surface area (Å²) in [6.45, 7) is 1.90. The van der Waals surface area contributed by atoms with Crippen molar-refractivity contribution in [2.75, 3.05) is 7.05 Å². The fraction of sp³-hybridized carbons (Fsp3) is 0.133. The lowest BCUT2D eigenvalue weighted by Gasteiger charge is -2.13. The van der Waals surface area contributed by atoms with E-state index in [-0.39, 0.29) is 4.90 Å². The normalized spacial score (nSPS) is 12.1. The highest BCUT2D eigenvalue weighted by molar-refractivity contribution is 7.89. The maximum Gasteiger partial charge on any atom is 0.278 e. The van der Waals surface area contributed by atoms with Crippen LogP contribution in [0.15, 0.2) is 57.1 Å². The molecule has 0 unspecified atom stereocenters. The number of sulfonamides is 1. The number of benzene rings is 2. The predicted molar refractivity (Wildman–Crippen MR) is 85.5 cm³/mol. The molecule has 0 aliphatic carbocycles. The zero-order valence-corrected chi connectivity index (χ0v) is 13.4. The van der Waals surface area contributed by atoms with Crippen LogP contribution in [-0.2, 0) is 10.0 Å². The first-order valence-corrected chi connectivity index (χ1v) is 8.23. The molecule has 0 N–H and O–H groups in total. The molecule has 23 heavy (non-hydrogen) atoms. The van der Waals surface area contributed by atoms with Gasteiger partial charge in [0.2, 0.25) is 0 Å². The van der Waals surface area contributed by atoms with Gasteiger partial charge in [0.1, 0.15) is 11.0 Å². The van der Waals surface area contributed by atoms with Gasteiger partial charge in [0.25, 0.3) is 10.0 Å². The molecule has 0 fully saturated rings. The third-order valence-electron chi connectivity index (χ3n) is 3.31. The first kappa shape index (κ1) is 15.2. The van der Waals surface area contributed by atoms with Crippen LogP contribution in [0.4, 0.5) is 0 Å². The molecule has 0 aliphatic rings. The molecular formula is C15H14N4O3S. The lowest BCUT2D eigenvalue weighted by Crippen LogP contribution is -2.21. The van der Waals surface area contributed by atoms with Crippen molar-refractivity contribution in [3.05, 3.63) is 53.6 Å². The summed E-state index contributed by atoms with van der Waals surface area (Å²) in [7, 11) is -2.28. The summed E-state index contributed by atoms with van der Waals surface area (Å²) in [6, 6.07) is 11.8. The smallest absolute Gasteiger partial charge is 0.243 e. The molecule has 0 saturated heterocycles. The molecule has 0 bridgehead atoms. The number of hydrazone groups is 1. The molecule has 0 saturated carbocycles. The van der Waals surface area contributed by atoms with E-state index < -0.39 is 10.0 Å². The number of hydrogen-bond acceptors (Lipinski definition) is 6. The number of aryl methyl sites for hydroxylation is 1. The van der Waals surface area contributed by atoms with Gasteiger partial charge in [0, 0.05) is 7.05 Å². The molecule has 0 radical (unpaired) electrons. The van der Waals surface area contributed by atoms with Crippen LogP contribution in [0.1, 0.15) is 11.1 Å². The van der Waals surface area contributed by atoms with E-state index in [1.807, 2.05) is 6.92 Å². The van der Waals surface area contributed by atoms with Crippen LogP contribution in [-0.4, -0.2) is 36.4 Å². The molecule has 0 amide bonds. The molecule has 7 nitrogen and oxygen atoms in total. The summed E-state index contributed by atoms with van der Waals surface area (Å²) in [4.78, 5) is 0.193. The Balaban J connectivity index is 1.84. The van der Waals surface area contributed by atoms with Crippen molar-refractivity contribution in [3.8, 4) is 0 Å². The minimum Gasteiger partial charge on any atom is -0.243 e. The molecule has 8 heteroatoms. The van der Waals surface area contributed by atoms with E-state index in [9.17, 15) is 8.42 Å². The zero-order chi connectivity index (χ0) is 16.4. The summed E-state index contributed by atoms with van der Waals surface area (Å²) < 4.78 is 30.4. The third-order valence-corrected chi connectivity index (χ3v) is 4.97. The van der Waals surface area contributed by atoms with Gasteiger partial charge < -0.3 is 0 Å². The van der Waals surface area contributed by atoms with Gasteiger partial charge in [-0.25, -0.2) is 4.63 Å². The van der Waals surface area contributed by atoms with Crippen molar-refractivity contribution < 1.29 is 13.0 Å². The molecule has 0 atom stereocenters. The van der Waals surface area contributed by atoms with Crippen molar-refractivity contribution in [3.63, 3.8) is 0 Å². The fourth-order valence-electron chi connectivity index (χ4n) is 1.95. The van der Waals surface area contributed by atoms with Gasteiger partial charge in [0.05, 0.1) is 11.1 Å². The van der Waals surface area contributed by atoms with Crippen LogP contribution < -0.4 is 0 Å². The number of hydrogen-bond donors (Lipinski definition) is 0. The first-order chi connectivity index (χ1) is 11.0. The summed E-state index contributed by atoms with van der Waals surface area (Å²) in [6.07, 6.45) is 1.44. The Morgan fingerprint density at radius 2 is 1.78 bits per heavy atom. The van der Waals surface area contributed by atoms with Gasteiger partial charge in [-0.2, -0.15) is 17.9 Å². The van der Waals surface area contributed by atoms with Gasteiger partial charge in [0.15, 0.2) is 0 Å². The minimum absolute atomic E-state index is 0.193. The molecule has 3 rings (SSSR count). The van der Waals surface area contributed by atoms with Crippen molar-refractivity contribution in [2.45, 2.75) is 11.8 Å². The fourth-order valence-corrected chi connectivity index (χ4v) is 2.91. The van der Waals surface area contributed by atoms with E-state index in [4.69, 9.17) is 0 Å². The van der Waals surface area contributed by atoms with E-state index >= 15 is 0 Å². The number of nitrogens with zero attached hydrogens (tertiary/aromatic N) is 4. The van der Waals surface area contributed by atoms with Crippen LogP contribution in [0.2, 0.25) is 0 Å². The van der Waals surface area contributed by atoms with E-state index in [0.29, 0.717) is 16.6 Å². The average molecular weight is 330 g/mol. The predicted octanol–water partition coefficient (Wildman–Crippen LogP) is 2.19. The van der Waals surface area contributed by atoms with Gasteiger partial charge in [-0.3, -0.25) is 0 Å². The largest absolute Gasteiger partial charge is 0.278 e. The van der Waals surface area contributed by atoms with Crippen molar-refractivity contribution in [1.29, 1.82) is 0 Å². The van der Waals surface area contributed by atoms with Crippen LogP contribution in [0.5, 0.6) is 0 Å². The Hall–Kier alpha value is -2.74. The molecule has 0 aliphatic heterocycles. The highest BCUT2D eigenvalue weighted by Crippen LogP contribution is 2.15. The molecule has 2 aromatic carbocycles. The Labute approximate surface area is 133 Å². The minimum atomic E-state index is -3.67. The van der Waals surface area contributed by atoms with Gasteiger partial charge in [-0.15, -0.1) is 0 Å². The van der Waals surface area contributed by atoms with Gasteiger partial charge in [-0.1, -0.05) is 23.8 Å². The number of fused-ring (bicyclic) bond motifs is 1. The summed E-state index contributed by atoms with van der Waals surface area (Å²) in [5.41, 5.74) is 2.89. The quantitative estimate of drug-likeness (QED) is 0.540. The molecule has 1 aromatic heterocycles. The van der Waals surface area contributed by atoms with E-state index in [1.54, 1.807) is 42.5 Å². The third kappa shape index (κ3) is 3.07. The summed E-state index contributed by atoms with van der Waals surface area (Å²) in [5.74, 6) is 0. The Morgan fingerprint density at radius 1 is 1.09 bits per heavy atom. The Morgan fingerprint density at radius 3 is 2.52 bits per heavy atom. The highest BCUT2D eigenvalue weighted by atomic mass is 32.2. The van der Waals surface area contributed by atoms with E-state index in [0.717, 1.165) is 9.98 Å². The maximum atomic E-state index is 12.4. The standard InChI is InChI=1S/C15H14N4O3S/c1-11-3-6-13(7-4-11)23(20,21)19(2)16-10-12-5-8-14-15(9-12)18-22-17-14/h3-10H,1-2H3. The van der Waals surface area contributed by atoms with Crippen LogP contribution in [0.25, 0.3) is 11.0 Å². The second-order valence-corrected chi connectivity index (χ2v) is 6.96. The van der Waals surface area contributed by atoms with Crippen LogP contribution in [0.3, 0.4) is 0 Å². The summed E-state index contributed by atoms with van der Waals surface area (Å²) in [5, 5.41) is 11.4.